The fourth-order valence-corrected chi connectivity index (χ4v) is 1.74. The summed E-state index contributed by atoms with van der Waals surface area (Å²) >= 11 is 0. The summed E-state index contributed by atoms with van der Waals surface area (Å²) in [7, 11) is 0. The summed E-state index contributed by atoms with van der Waals surface area (Å²) in [6, 6.07) is 7.84. The van der Waals surface area contributed by atoms with Gasteiger partial charge in [-0.05, 0) is 36.8 Å². The first-order chi connectivity index (χ1) is 9.08. The summed E-state index contributed by atoms with van der Waals surface area (Å²) in [5, 5.41) is 12.9. The Bertz CT molecular complexity index is 545. The standard InChI is InChI=1S/C14H14F2N2O/c1-9(18-14-12(16)3-2-8-17-14)13(19)10-4-6-11(15)7-5-10/h2-9,13,19H,1H3,(H,17,18)/t9-,13-/m0/s1. The second-order valence-electron chi connectivity index (χ2n) is 4.26. The van der Waals surface area contributed by atoms with E-state index in [9.17, 15) is 13.9 Å². The third-order valence-electron chi connectivity index (χ3n) is 2.81. The van der Waals surface area contributed by atoms with Gasteiger partial charge < -0.3 is 10.4 Å². The number of rotatable bonds is 4. The lowest BCUT2D eigenvalue weighted by Crippen LogP contribution is -2.25. The maximum Gasteiger partial charge on any atom is 0.165 e. The highest BCUT2D eigenvalue weighted by Crippen LogP contribution is 2.20. The zero-order valence-corrected chi connectivity index (χ0v) is 10.3. The maximum atomic E-state index is 13.4. The third-order valence-corrected chi connectivity index (χ3v) is 2.81. The molecule has 5 heteroatoms. The Morgan fingerprint density at radius 1 is 1.16 bits per heavy atom. The quantitative estimate of drug-likeness (QED) is 0.892. The molecule has 1 aromatic carbocycles. The fraction of sp³-hybridized carbons (Fsp3) is 0.214. The van der Waals surface area contributed by atoms with E-state index in [1.807, 2.05) is 0 Å². The predicted octanol–water partition coefficient (Wildman–Crippen LogP) is 2.89. The molecule has 19 heavy (non-hydrogen) atoms. The third kappa shape index (κ3) is 3.26. The van der Waals surface area contributed by atoms with Crippen LogP contribution in [0.4, 0.5) is 14.6 Å². The van der Waals surface area contributed by atoms with Crippen LogP contribution >= 0.6 is 0 Å². The molecular weight excluding hydrogens is 250 g/mol. The molecule has 0 aliphatic rings. The summed E-state index contributed by atoms with van der Waals surface area (Å²) in [6.45, 7) is 1.70. The van der Waals surface area contributed by atoms with Crippen molar-refractivity contribution in [3.05, 3.63) is 59.8 Å². The SMILES string of the molecule is C[C@H](Nc1ncccc1F)[C@H](O)c1ccc(F)cc1. The van der Waals surface area contributed by atoms with Gasteiger partial charge in [0.2, 0.25) is 0 Å². The van der Waals surface area contributed by atoms with Crippen molar-refractivity contribution in [2.75, 3.05) is 5.32 Å². The predicted molar refractivity (Wildman–Crippen MR) is 68.6 cm³/mol. The van der Waals surface area contributed by atoms with Gasteiger partial charge in [0.05, 0.1) is 12.1 Å². The monoisotopic (exact) mass is 264 g/mol. The van der Waals surface area contributed by atoms with E-state index in [-0.39, 0.29) is 11.6 Å². The number of nitrogens with one attached hydrogen (secondary N) is 1. The molecule has 2 rings (SSSR count). The smallest absolute Gasteiger partial charge is 0.165 e. The van der Waals surface area contributed by atoms with Crippen molar-refractivity contribution >= 4 is 5.82 Å². The molecule has 2 N–H and O–H groups in total. The van der Waals surface area contributed by atoms with Gasteiger partial charge >= 0.3 is 0 Å². The van der Waals surface area contributed by atoms with Crippen LogP contribution in [0.5, 0.6) is 0 Å². The zero-order valence-electron chi connectivity index (χ0n) is 10.3. The molecule has 100 valence electrons. The number of hydrogen-bond acceptors (Lipinski definition) is 3. The summed E-state index contributed by atoms with van der Waals surface area (Å²) < 4.78 is 26.2. The molecule has 1 aromatic heterocycles. The topological polar surface area (TPSA) is 45.2 Å². The van der Waals surface area contributed by atoms with Crippen LogP contribution in [-0.4, -0.2) is 16.1 Å². The molecule has 1 heterocycles. The number of nitrogens with zero attached hydrogens (tertiary/aromatic N) is 1. The first-order valence-electron chi connectivity index (χ1n) is 5.88. The lowest BCUT2D eigenvalue weighted by molar-refractivity contribution is 0.160. The molecule has 0 saturated carbocycles. The molecule has 0 unspecified atom stereocenters. The van der Waals surface area contributed by atoms with E-state index in [1.165, 1.54) is 42.6 Å². The van der Waals surface area contributed by atoms with E-state index in [0.717, 1.165) is 0 Å². The van der Waals surface area contributed by atoms with Crippen molar-refractivity contribution in [2.45, 2.75) is 19.1 Å². The van der Waals surface area contributed by atoms with Gasteiger partial charge in [0, 0.05) is 6.20 Å². The van der Waals surface area contributed by atoms with Crippen molar-refractivity contribution in [3.8, 4) is 0 Å². The van der Waals surface area contributed by atoms with Crippen LogP contribution in [0.2, 0.25) is 0 Å². The van der Waals surface area contributed by atoms with E-state index in [2.05, 4.69) is 10.3 Å². The van der Waals surface area contributed by atoms with Crippen LogP contribution in [-0.2, 0) is 0 Å². The summed E-state index contributed by atoms with van der Waals surface area (Å²) in [6.07, 6.45) is 0.574. The normalized spacial score (nSPS) is 13.9. The lowest BCUT2D eigenvalue weighted by atomic mass is 10.0. The fourth-order valence-electron chi connectivity index (χ4n) is 1.74. The number of aliphatic hydroxyl groups is 1. The Morgan fingerprint density at radius 3 is 2.47 bits per heavy atom. The first kappa shape index (κ1) is 13.4. The number of aromatic nitrogens is 1. The van der Waals surface area contributed by atoms with Gasteiger partial charge in [0.25, 0.3) is 0 Å². The minimum absolute atomic E-state index is 0.0798. The van der Waals surface area contributed by atoms with Gasteiger partial charge in [-0.2, -0.15) is 0 Å². The Labute approximate surface area is 109 Å². The highest BCUT2D eigenvalue weighted by Gasteiger charge is 2.17. The van der Waals surface area contributed by atoms with E-state index < -0.39 is 18.0 Å². The molecule has 0 bridgehead atoms. The summed E-state index contributed by atoms with van der Waals surface area (Å²) in [5.41, 5.74) is 0.553. The van der Waals surface area contributed by atoms with Crippen molar-refractivity contribution in [1.82, 2.24) is 4.98 Å². The molecule has 0 radical (unpaired) electrons. The Kier molecular flexibility index (Phi) is 4.06. The van der Waals surface area contributed by atoms with Crippen LogP contribution in [0.3, 0.4) is 0 Å². The number of hydrogen-bond donors (Lipinski definition) is 2. The van der Waals surface area contributed by atoms with Crippen LogP contribution in [0, 0.1) is 11.6 Å². The zero-order chi connectivity index (χ0) is 13.8. The van der Waals surface area contributed by atoms with Crippen molar-refractivity contribution in [2.24, 2.45) is 0 Å². The second-order valence-corrected chi connectivity index (χ2v) is 4.26. The molecule has 2 aromatic rings. The molecule has 0 aliphatic carbocycles. The number of aliphatic hydroxyl groups excluding tert-OH is 1. The maximum absolute atomic E-state index is 13.4. The Balaban J connectivity index is 2.09. The van der Waals surface area contributed by atoms with Crippen LogP contribution in [0.1, 0.15) is 18.6 Å². The summed E-state index contributed by atoms with van der Waals surface area (Å²) in [5.74, 6) is -0.774. The van der Waals surface area contributed by atoms with Crippen molar-refractivity contribution in [3.63, 3.8) is 0 Å². The number of pyridine rings is 1. The molecule has 0 spiro atoms. The Hall–Kier alpha value is -2.01. The molecular formula is C14H14F2N2O. The van der Waals surface area contributed by atoms with Crippen LogP contribution < -0.4 is 5.32 Å². The average molecular weight is 264 g/mol. The van der Waals surface area contributed by atoms with Gasteiger partial charge in [-0.15, -0.1) is 0 Å². The van der Waals surface area contributed by atoms with Gasteiger partial charge in [-0.25, -0.2) is 13.8 Å². The van der Waals surface area contributed by atoms with Gasteiger partial charge in [0.15, 0.2) is 11.6 Å². The van der Waals surface area contributed by atoms with Gasteiger partial charge in [0.1, 0.15) is 5.82 Å². The lowest BCUT2D eigenvalue weighted by Gasteiger charge is -2.21. The van der Waals surface area contributed by atoms with E-state index in [1.54, 1.807) is 6.92 Å². The first-order valence-corrected chi connectivity index (χ1v) is 5.88. The molecule has 2 atom stereocenters. The van der Waals surface area contributed by atoms with Crippen LogP contribution in [0.15, 0.2) is 42.6 Å². The van der Waals surface area contributed by atoms with Crippen LogP contribution in [0.25, 0.3) is 0 Å². The second kappa shape index (κ2) is 5.75. The number of benzene rings is 1. The van der Waals surface area contributed by atoms with Gasteiger partial charge in [-0.3, -0.25) is 0 Å². The molecule has 0 saturated heterocycles. The molecule has 0 fully saturated rings. The summed E-state index contributed by atoms with van der Waals surface area (Å²) in [4.78, 5) is 3.85. The minimum Gasteiger partial charge on any atom is -0.386 e. The van der Waals surface area contributed by atoms with Gasteiger partial charge in [-0.1, -0.05) is 12.1 Å². The van der Waals surface area contributed by atoms with Crippen molar-refractivity contribution < 1.29 is 13.9 Å². The van der Waals surface area contributed by atoms with E-state index in [4.69, 9.17) is 0 Å². The molecule has 3 nitrogen and oxygen atoms in total. The van der Waals surface area contributed by atoms with E-state index in [0.29, 0.717) is 5.56 Å². The number of anilines is 1. The highest BCUT2D eigenvalue weighted by molar-refractivity contribution is 5.37. The average Bonchev–Trinajstić information content (AvgIpc) is 2.41. The minimum atomic E-state index is -0.887. The van der Waals surface area contributed by atoms with E-state index >= 15 is 0 Å². The highest BCUT2D eigenvalue weighted by atomic mass is 19.1. The van der Waals surface area contributed by atoms with Crippen molar-refractivity contribution in [1.29, 1.82) is 0 Å². The number of halogens is 2. The Morgan fingerprint density at radius 2 is 1.84 bits per heavy atom. The molecule has 0 aliphatic heterocycles. The largest absolute Gasteiger partial charge is 0.386 e. The molecule has 0 amide bonds.